The van der Waals surface area contributed by atoms with Crippen LogP contribution in [0.3, 0.4) is 0 Å². The second kappa shape index (κ2) is 7.81. The number of ether oxygens (including phenoxy) is 2. The lowest BCUT2D eigenvalue weighted by molar-refractivity contribution is 0.0526. The Morgan fingerprint density at radius 2 is 1.96 bits per heavy atom. The quantitative estimate of drug-likeness (QED) is 0.669. The molecule has 0 unspecified atom stereocenters. The largest absolute Gasteiger partial charge is 0.491 e. The summed E-state index contributed by atoms with van der Waals surface area (Å²) in [4.78, 5) is 15.9. The molecule has 3 rings (SSSR count). The van der Waals surface area contributed by atoms with Gasteiger partial charge in [0.1, 0.15) is 18.5 Å². The van der Waals surface area contributed by atoms with Gasteiger partial charge in [0.15, 0.2) is 0 Å². The Kier molecular flexibility index (Phi) is 5.30. The van der Waals surface area contributed by atoms with Crippen molar-refractivity contribution in [2.45, 2.75) is 19.6 Å². The summed E-state index contributed by atoms with van der Waals surface area (Å²) in [5.74, 6) is 0.226. The van der Waals surface area contributed by atoms with Crippen molar-refractivity contribution in [1.29, 1.82) is 0 Å². The lowest BCUT2D eigenvalue weighted by atomic mass is 10.2. The van der Waals surface area contributed by atoms with Crippen LogP contribution in [0, 0.1) is 0 Å². The van der Waals surface area contributed by atoms with Gasteiger partial charge < -0.3 is 19.1 Å². The summed E-state index contributed by atoms with van der Waals surface area (Å²) in [6.07, 6.45) is 1.03. The molecule has 0 spiro atoms. The van der Waals surface area contributed by atoms with Gasteiger partial charge in [-0.2, -0.15) is 0 Å². The molecule has 1 heterocycles. The molecule has 6 heteroatoms. The predicted molar refractivity (Wildman–Crippen MR) is 93.6 cm³/mol. The van der Waals surface area contributed by atoms with Gasteiger partial charge >= 0.3 is 5.97 Å². The molecule has 1 atom stereocenters. The van der Waals surface area contributed by atoms with E-state index in [0.29, 0.717) is 24.5 Å². The van der Waals surface area contributed by atoms with Crippen molar-refractivity contribution in [3.05, 3.63) is 60.4 Å². The fraction of sp³-hybridized carbons (Fsp3) is 0.263. The predicted octanol–water partition coefficient (Wildman–Crippen LogP) is 2.65. The van der Waals surface area contributed by atoms with Crippen LogP contribution in [0.15, 0.2) is 54.9 Å². The Morgan fingerprint density at radius 1 is 1.20 bits per heavy atom. The van der Waals surface area contributed by atoms with Gasteiger partial charge in [-0.3, -0.25) is 0 Å². The van der Waals surface area contributed by atoms with Crippen LogP contribution in [0.5, 0.6) is 5.75 Å². The number of carbonyl (C=O) groups is 1. The van der Waals surface area contributed by atoms with Crippen molar-refractivity contribution in [2.24, 2.45) is 0 Å². The molecular formula is C19H20N2O4. The molecule has 130 valence electrons. The molecule has 0 aliphatic carbocycles. The van der Waals surface area contributed by atoms with Crippen LogP contribution in [0.2, 0.25) is 0 Å². The van der Waals surface area contributed by atoms with E-state index in [1.807, 2.05) is 28.8 Å². The number of hydrogen-bond acceptors (Lipinski definition) is 5. The Hall–Kier alpha value is -2.86. The van der Waals surface area contributed by atoms with Gasteiger partial charge in [-0.1, -0.05) is 12.1 Å². The van der Waals surface area contributed by atoms with E-state index < -0.39 is 6.10 Å². The molecule has 0 amide bonds. The Labute approximate surface area is 145 Å². The fourth-order valence-electron chi connectivity index (χ4n) is 2.53. The second-order valence-electron chi connectivity index (χ2n) is 5.60. The average molecular weight is 340 g/mol. The first kappa shape index (κ1) is 17.0. The van der Waals surface area contributed by atoms with Gasteiger partial charge in [-0.25, -0.2) is 9.78 Å². The minimum atomic E-state index is -0.678. The van der Waals surface area contributed by atoms with Gasteiger partial charge in [0.05, 0.1) is 36.1 Å². The minimum absolute atomic E-state index is 0.144. The maximum atomic E-state index is 11.6. The smallest absolute Gasteiger partial charge is 0.338 e. The highest BCUT2D eigenvalue weighted by Crippen LogP contribution is 2.15. The van der Waals surface area contributed by atoms with Gasteiger partial charge in [-0.15, -0.1) is 0 Å². The first-order valence-electron chi connectivity index (χ1n) is 8.15. The number of aliphatic hydroxyl groups excluding tert-OH is 1. The highest BCUT2D eigenvalue weighted by atomic mass is 16.5. The summed E-state index contributed by atoms with van der Waals surface area (Å²) in [6.45, 7) is 2.64. The molecule has 25 heavy (non-hydrogen) atoms. The molecule has 0 aliphatic heterocycles. The highest BCUT2D eigenvalue weighted by molar-refractivity contribution is 5.89. The number of carbonyl (C=O) groups excluding carboxylic acids is 1. The Morgan fingerprint density at radius 3 is 2.72 bits per heavy atom. The third-order valence-corrected chi connectivity index (χ3v) is 3.74. The molecule has 2 aromatic carbocycles. The summed E-state index contributed by atoms with van der Waals surface area (Å²) in [5, 5.41) is 10.2. The third kappa shape index (κ3) is 4.16. The van der Waals surface area contributed by atoms with E-state index in [4.69, 9.17) is 9.47 Å². The summed E-state index contributed by atoms with van der Waals surface area (Å²) >= 11 is 0. The molecule has 0 radical (unpaired) electrons. The summed E-state index contributed by atoms with van der Waals surface area (Å²) in [7, 11) is 0. The fourth-order valence-corrected chi connectivity index (χ4v) is 2.53. The molecule has 0 fully saturated rings. The number of benzene rings is 2. The maximum Gasteiger partial charge on any atom is 0.338 e. The second-order valence-corrected chi connectivity index (χ2v) is 5.60. The van der Waals surface area contributed by atoms with Crippen LogP contribution in [-0.2, 0) is 11.3 Å². The van der Waals surface area contributed by atoms with E-state index in [2.05, 4.69) is 4.98 Å². The van der Waals surface area contributed by atoms with E-state index in [1.165, 1.54) is 0 Å². The number of nitrogens with zero attached hydrogens (tertiary/aromatic N) is 2. The zero-order valence-electron chi connectivity index (χ0n) is 14.0. The first-order chi connectivity index (χ1) is 12.2. The SMILES string of the molecule is CCOC(=O)c1ccc(OC[C@H](O)Cn2cnc3ccccc32)cc1. The Bertz CT molecular complexity index is 842. The number of hydrogen-bond donors (Lipinski definition) is 1. The van der Waals surface area contributed by atoms with Crippen LogP contribution >= 0.6 is 0 Å². The molecule has 0 saturated carbocycles. The molecule has 0 saturated heterocycles. The zero-order valence-corrected chi connectivity index (χ0v) is 14.0. The molecule has 6 nitrogen and oxygen atoms in total. The molecule has 0 bridgehead atoms. The van der Waals surface area contributed by atoms with E-state index in [-0.39, 0.29) is 12.6 Å². The number of fused-ring (bicyclic) bond motifs is 1. The first-order valence-corrected chi connectivity index (χ1v) is 8.15. The van der Waals surface area contributed by atoms with Gasteiger partial charge in [0.2, 0.25) is 0 Å². The van der Waals surface area contributed by atoms with Gasteiger partial charge in [0.25, 0.3) is 0 Å². The standard InChI is InChI=1S/C19H20N2O4/c1-2-24-19(23)14-7-9-16(10-8-14)25-12-15(22)11-21-13-20-17-5-3-4-6-18(17)21/h3-10,13,15,22H,2,11-12H2,1H3/t15-/m1/s1. The monoisotopic (exact) mass is 340 g/mol. The summed E-state index contributed by atoms with van der Waals surface area (Å²) in [5.41, 5.74) is 2.34. The number of imidazole rings is 1. The molecule has 3 aromatic rings. The number of aromatic nitrogens is 2. The van der Waals surface area contributed by atoms with Crippen LogP contribution in [0.1, 0.15) is 17.3 Å². The zero-order chi connectivity index (χ0) is 17.6. The van der Waals surface area contributed by atoms with E-state index in [0.717, 1.165) is 11.0 Å². The van der Waals surface area contributed by atoms with Crippen LogP contribution in [0.4, 0.5) is 0 Å². The van der Waals surface area contributed by atoms with Crippen molar-refractivity contribution in [2.75, 3.05) is 13.2 Å². The van der Waals surface area contributed by atoms with Crippen molar-refractivity contribution in [3.8, 4) is 5.75 Å². The highest BCUT2D eigenvalue weighted by Gasteiger charge is 2.10. The van der Waals surface area contributed by atoms with E-state index in [1.54, 1.807) is 37.5 Å². The minimum Gasteiger partial charge on any atom is -0.491 e. The van der Waals surface area contributed by atoms with Crippen LogP contribution < -0.4 is 4.74 Å². The van der Waals surface area contributed by atoms with Crippen molar-refractivity contribution in [1.82, 2.24) is 9.55 Å². The average Bonchev–Trinajstić information content (AvgIpc) is 3.04. The van der Waals surface area contributed by atoms with Crippen LogP contribution in [0.25, 0.3) is 11.0 Å². The number of para-hydroxylation sites is 2. The number of esters is 1. The molecule has 1 N–H and O–H groups in total. The molecule has 0 aliphatic rings. The molecular weight excluding hydrogens is 320 g/mol. The summed E-state index contributed by atoms with van der Waals surface area (Å²) in [6, 6.07) is 14.4. The van der Waals surface area contributed by atoms with Crippen molar-refractivity contribution in [3.63, 3.8) is 0 Å². The molecule has 1 aromatic heterocycles. The van der Waals surface area contributed by atoms with Gasteiger partial charge in [-0.05, 0) is 43.3 Å². The lowest BCUT2D eigenvalue weighted by Crippen LogP contribution is -2.23. The number of aliphatic hydroxyl groups is 1. The topological polar surface area (TPSA) is 73.6 Å². The summed E-state index contributed by atoms with van der Waals surface area (Å²) < 4.78 is 12.4. The maximum absolute atomic E-state index is 11.6. The normalized spacial score (nSPS) is 12.1. The van der Waals surface area contributed by atoms with Crippen molar-refractivity contribution < 1.29 is 19.4 Å². The van der Waals surface area contributed by atoms with Crippen molar-refractivity contribution >= 4 is 17.0 Å². The van der Waals surface area contributed by atoms with Crippen LogP contribution in [-0.4, -0.2) is 39.9 Å². The third-order valence-electron chi connectivity index (χ3n) is 3.74. The number of rotatable bonds is 7. The lowest BCUT2D eigenvalue weighted by Gasteiger charge is -2.14. The van der Waals surface area contributed by atoms with E-state index >= 15 is 0 Å². The van der Waals surface area contributed by atoms with E-state index in [9.17, 15) is 9.90 Å². The Balaban J connectivity index is 1.55. The van der Waals surface area contributed by atoms with Gasteiger partial charge in [0, 0.05) is 0 Å².